The predicted molar refractivity (Wildman–Crippen MR) is 120 cm³/mol. The summed E-state index contributed by atoms with van der Waals surface area (Å²) in [7, 11) is 2.19. The van der Waals surface area contributed by atoms with Crippen LogP contribution in [0.2, 0.25) is 0 Å². The molecular formula is C23H40N4O2. The molecule has 1 saturated heterocycles. The Bertz CT molecular complexity index is 561. The molecular weight excluding hydrogens is 364 g/mol. The van der Waals surface area contributed by atoms with E-state index in [2.05, 4.69) is 71.8 Å². The molecule has 6 heteroatoms. The van der Waals surface area contributed by atoms with Crippen LogP contribution < -0.4 is 10.6 Å². The number of nitrogens with zero attached hydrogens (tertiary/aromatic N) is 2. The highest BCUT2D eigenvalue weighted by Crippen LogP contribution is 2.12. The minimum absolute atomic E-state index is 0.499. The van der Waals surface area contributed by atoms with Gasteiger partial charge in [-0.25, -0.2) is 0 Å². The average Bonchev–Trinajstić information content (AvgIpc) is 3.24. The number of rotatable bonds is 13. The Morgan fingerprint density at radius 2 is 2.14 bits per heavy atom. The lowest BCUT2D eigenvalue weighted by Gasteiger charge is -2.25. The van der Waals surface area contributed by atoms with E-state index in [9.17, 15) is 0 Å². The molecule has 0 aliphatic carbocycles. The van der Waals surface area contributed by atoms with Crippen LogP contribution >= 0.6 is 0 Å². The lowest BCUT2D eigenvalue weighted by atomic mass is 10.1. The van der Waals surface area contributed by atoms with Gasteiger partial charge in [-0.1, -0.05) is 30.3 Å². The first-order valence-electron chi connectivity index (χ1n) is 11.1. The summed E-state index contributed by atoms with van der Waals surface area (Å²) in [5.74, 6) is 1.48. The van der Waals surface area contributed by atoms with Crippen LogP contribution in [0, 0.1) is 5.92 Å². The van der Waals surface area contributed by atoms with Crippen LogP contribution in [0.3, 0.4) is 0 Å². The van der Waals surface area contributed by atoms with E-state index in [0.29, 0.717) is 12.0 Å². The summed E-state index contributed by atoms with van der Waals surface area (Å²) in [6.07, 6.45) is 3.15. The van der Waals surface area contributed by atoms with Crippen LogP contribution in [0.15, 0.2) is 35.3 Å². The van der Waals surface area contributed by atoms with Crippen LogP contribution in [0.25, 0.3) is 0 Å². The fourth-order valence-electron chi connectivity index (χ4n) is 3.31. The van der Waals surface area contributed by atoms with Crippen molar-refractivity contribution in [2.24, 2.45) is 10.9 Å². The molecule has 2 atom stereocenters. The van der Waals surface area contributed by atoms with Crippen LogP contribution in [0.1, 0.15) is 38.7 Å². The molecule has 2 unspecified atom stereocenters. The van der Waals surface area contributed by atoms with Gasteiger partial charge < -0.3 is 20.1 Å². The molecule has 1 aromatic rings. The average molecular weight is 405 g/mol. The summed E-state index contributed by atoms with van der Waals surface area (Å²) in [6, 6.07) is 11.1. The summed E-state index contributed by atoms with van der Waals surface area (Å²) in [5.41, 5.74) is 1.35. The van der Waals surface area contributed by atoms with Crippen molar-refractivity contribution in [2.45, 2.75) is 45.7 Å². The Morgan fingerprint density at radius 3 is 2.86 bits per heavy atom. The van der Waals surface area contributed by atoms with E-state index in [1.807, 2.05) is 0 Å². The van der Waals surface area contributed by atoms with E-state index in [4.69, 9.17) is 9.47 Å². The minimum Gasteiger partial charge on any atom is -0.381 e. The molecule has 1 aromatic carbocycles. The number of nitrogens with one attached hydrogen (secondary N) is 2. The Labute approximate surface area is 177 Å². The van der Waals surface area contributed by atoms with Crippen molar-refractivity contribution in [1.29, 1.82) is 0 Å². The lowest BCUT2D eigenvalue weighted by molar-refractivity contribution is 0.0893. The smallest absolute Gasteiger partial charge is 0.191 e. The van der Waals surface area contributed by atoms with Gasteiger partial charge in [0, 0.05) is 51.4 Å². The number of benzene rings is 1. The standard InChI is InChI=1S/C23H40N4O2/c1-4-24-23(25-13-8-15-28-18-22-12-16-29-19-22)26-14-11-20(2)27(3)17-21-9-6-5-7-10-21/h5-7,9-10,20,22H,4,8,11-19H2,1-3H3,(H2,24,25,26). The monoisotopic (exact) mass is 404 g/mol. The zero-order chi connectivity index (χ0) is 20.7. The first-order valence-corrected chi connectivity index (χ1v) is 11.1. The van der Waals surface area contributed by atoms with E-state index in [-0.39, 0.29) is 0 Å². The predicted octanol–water partition coefficient (Wildman–Crippen LogP) is 2.90. The molecule has 164 valence electrons. The van der Waals surface area contributed by atoms with Gasteiger partial charge in [0.2, 0.25) is 0 Å². The Hall–Kier alpha value is -1.63. The van der Waals surface area contributed by atoms with Gasteiger partial charge in [-0.15, -0.1) is 0 Å². The quantitative estimate of drug-likeness (QED) is 0.301. The first-order chi connectivity index (χ1) is 14.2. The second-order valence-corrected chi connectivity index (χ2v) is 7.88. The van der Waals surface area contributed by atoms with Crippen LogP contribution in [0.5, 0.6) is 0 Å². The van der Waals surface area contributed by atoms with E-state index < -0.39 is 0 Å². The Kier molecular flexibility index (Phi) is 11.7. The van der Waals surface area contributed by atoms with Crippen LogP contribution in [-0.4, -0.2) is 70.0 Å². The highest BCUT2D eigenvalue weighted by molar-refractivity contribution is 5.79. The minimum atomic E-state index is 0.499. The first kappa shape index (κ1) is 23.6. The Morgan fingerprint density at radius 1 is 1.31 bits per heavy atom. The number of guanidine groups is 1. The van der Waals surface area contributed by atoms with E-state index in [1.165, 1.54) is 5.56 Å². The highest BCUT2D eigenvalue weighted by atomic mass is 16.5. The summed E-state index contributed by atoms with van der Waals surface area (Å²) < 4.78 is 11.1. The van der Waals surface area contributed by atoms with Crippen molar-refractivity contribution in [1.82, 2.24) is 15.5 Å². The topological polar surface area (TPSA) is 58.1 Å². The van der Waals surface area contributed by atoms with E-state index in [1.54, 1.807) is 0 Å². The van der Waals surface area contributed by atoms with Crippen LogP contribution in [-0.2, 0) is 16.0 Å². The van der Waals surface area contributed by atoms with E-state index >= 15 is 0 Å². The van der Waals surface area contributed by atoms with Gasteiger partial charge in [-0.2, -0.15) is 0 Å². The highest BCUT2D eigenvalue weighted by Gasteiger charge is 2.15. The number of aliphatic imine (C=N–C) groups is 1. The second kappa shape index (κ2) is 14.4. The van der Waals surface area contributed by atoms with Gasteiger partial charge in [-0.3, -0.25) is 9.89 Å². The Balaban J connectivity index is 1.59. The third-order valence-electron chi connectivity index (χ3n) is 5.32. The molecule has 1 heterocycles. The molecule has 0 spiro atoms. The van der Waals surface area contributed by atoms with Gasteiger partial charge in [0.05, 0.1) is 13.2 Å². The fraction of sp³-hybridized carbons (Fsp3) is 0.696. The summed E-state index contributed by atoms with van der Waals surface area (Å²) >= 11 is 0. The fourth-order valence-corrected chi connectivity index (χ4v) is 3.31. The molecule has 1 fully saturated rings. The van der Waals surface area contributed by atoms with Crippen molar-refractivity contribution in [3.8, 4) is 0 Å². The van der Waals surface area contributed by atoms with Crippen molar-refractivity contribution in [3.63, 3.8) is 0 Å². The third-order valence-corrected chi connectivity index (χ3v) is 5.32. The molecule has 1 aliphatic heterocycles. The normalized spacial score (nSPS) is 18.2. The van der Waals surface area contributed by atoms with Crippen molar-refractivity contribution >= 4 is 5.96 Å². The second-order valence-electron chi connectivity index (χ2n) is 7.88. The molecule has 0 radical (unpaired) electrons. The van der Waals surface area contributed by atoms with E-state index in [0.717, 1.165) is 77.8 Å². The molecule has 1 aliphatic rings. The maximum Gasteiger partial charge on any atom is 0.191 e. The van der Waals surface area contributed by atoms with Crippen molar-refractivity contribution in [3.05, 3.63) is 35.9 Å². The van der Waals surface area contributed by atoms with Gasteiger partial charge >= 0.3 is 0 Å². The molecule has 0 amide bonds. The maximum absolute atomic E-state index is 5.75. The molecule has 2 N–H and O–H groups in total. The molecule has 0 saturated carbocycles. The summed E-state index contributed by atoms with van der Waals surface area (Å²) in [4.78, 5) is 7.07. The molecule has 2 rings (SSSR count). The number of hydrogen-bond donors (Lipinski definition) is 2. The lowest BCUT2D eigenvalue weighted by Crippen LogP contribution is -2.40. The van der Waals surface area contributed by atoms with Crippen molar-refractivity contribution < 1.29 is 9.47 Å². The number of hydrogen-bond acceptors (Lipinski definition) is 4. The van der Waals surface area contributed by atoms with Crippen LogP contribution in [0.4, 0.5) is 0 Å². The summed E-state index contributed by atoms with van der Waals surface area (Å²) in [5, 5.41) is 6.79. The number of ether oxygens (including phenoxy) is 2. The zero-order valence-corrected chi connectivity index (χ0v) is 18.5. The van der Waals surface area contributed by atoms with Gasteiger partial charge in [-0.05, 0) is 45.7 Å². The maximum atomic E-state index is 5.75. The van der Waals surface area contributed by atoms with Crippen molar-refractivity contribution in [2.75, 3.05) is 53.1 Å². The zero-order valence-electron chi connectivity index (χ0n) is 18.5. The largest absolute Gasteiger partial charge is 0.381 e. The molecule has 0 bridgehead atoms. The molecule has 29 heavy (non-hydrogen) atoms. The van der Waals surface area contributed by atoms with Gasteiger partial charge in [0.25, 0.3) is 0 Å². The summed E-state index contributed by atoms with van der Waals surface area (Å²) in [6.45, 7) is 11.2. The van der Waals surface area contributed by atoms with Gasteiger partial charge in [0.1, 0.15) is 0 Å². The third kappa shape index (κ3) is 10.1. The molecule has 0 aromatic heterocycles. The van der Waals surface area contributed by atoms with Gasteiger partial charge in [0.15, 0.2) is 5.96 Å². The SMILES string of the molecule is CCNC(=NCCCOCC1CCOC1)NCCC(C)N(C)Cc1ccccc1. The molecule has 6 nitrogen and oxygen atoms in total.